The van der Waals surface area contributed by atoms with Crippen LogP contribution in [0, 0.1) is 22.7 Å². The molecule has 2 rings (SSSR count). The fourth-order valence-electron chi connectivity index (χ4n) is 2.43. The van der Waals surface area contributed by atoms with Gasteiger partial charge in [-0.25, -0.2) is 0 Å². The van der Waals surface area contributed by atoms with Crippen LogP contribution < -0.4 is 21.8 Å². The Morgan fingerprint density at radius 3 is 2.39 bits per heavy atom. The molecule has 0 saturated carbocycles. The number of rotatable bonds is 5. The summed E-state index contributed by atoms with van der Waals surface area (Å²) >= 11 is 0. The smallest absolute Gasteiger partial charge is 0.220 e. The lowest BCUT2D eigenvalue weighted by Gasteiger charge is -2.32. The molecule has 1 aromatic rings. The van der Waals surface area contributed by atoms with E-state index >= 15 is 0 Å². The summed E-state index contributed by atoms with van der Waals surface area (Å²) in [6.07, 6.45) is 1.54. The van der Waals surface area contributed by atoms with E-state index in [9.17, 15) is 4.79 Å². The van der Waals surface area contributed by atoms with Crippen molar-refractivity contribution in [3.05, 3.63) is 24.3 Å². The van der Waals surface area contributed by atoms with Gasteiger partial charge in [-0.15, -0.1) is 0 Å². The van der Waals surface area contributed by atoms with E-state index in [4.69, 9.17) is 22.1 Å². The number of hydrogen-bond donors (Lipinski definition) is 4. The number of carbonyl (C=O) groups is 1. The number of benzene rings is 1. The first kappa shape index (κ1) is 16.3. The largest absolute Gasteiger partial charge is 0.382 e. The second kappa shape index (κ2) is 7.26. The molecule has 23 heavy (non-hydrogen) atoms. The van der Waals surface area contributed by atoms with Crippen LogP contribution in [0.15, 0.2) is 29.4 Å². The topological polar surface area (TPSA) is 144 Å². The summed E-state index contributed by atoms with van der Waals surface area (Å²) in [6.45, 7) is 1.59. The molecule has 0 aromatic heterocycles. The summed E-state index contributed by atoms with van der Waals surface area (Å²) in [5, 5.41) is 19.7. The van der Waals surface area contributed by atoms with E-state index in [1.54, 1.807) is 6.07 Å². The Labute approximate surface area is 134 Å². The van der Waals surface area contributed by atoms with Crippen molar-refractivity contribution in [1.29, 1.82) is 10.7 Å². The number of nitrogens with two attached hydrogens (primary N) is 2. The molecular formula is C15H19N7O. The van der Waals surface area contributed by atoms with Gasteiger partial charge >= 0.3 is 0 Å². The van der Waals surface area contributed by atoms with Crippen molar-refractivity contribution in [3.63, 3.8) is 0 Å². The van der Waals surface area contributed by atoms with Gasteiger partial charge in [-0.05, 0) is 37.1 Å². The molecule has 1 aliphatic heterocycles. The molecule has 0 atom stereocenters. The van der Waals surface area contributed by atoms with Crippen LogP contribution in [-0.4, -0.2) is 30.5 Å². The van der Waals surface area contributed by atoms with Gasteiger partial charge in [-0.2, -0.15) is 10.4 Å². The predicted molar refractivity (Wildman–Crippen MR) is 89.2 cm³/mol. The standard InChI is InChI=1S/C15H19N7O/c16-9-13(14(17)18)21-20-11-1-3-12(4-2-11)22-7-5-10(6-8-22)15(19)23/h1-4,10,20H,5-8H2,(H3,17,18)(H2,19,23)/b21-13+. The normalized spacial score (nSPS) is 15.8. The van der Waals surface area contributed by atoms with Gasteiger partial charge in [-0.1, -0.05) is 0 Å². The van der Waals surface area contributed by atoms with Gasteiger partial charge in [0.2, 0.25) is 11.6 Å². The summed E-state index contributed by atoms with van der Waals surface area (Å²) < 4.78 is 0. The Hall–Kier alpha value is -3.08. The number of nitrogens with one attached hydrogen (secondary N) is 2. The number of carbonyl (C=O) groups excluding carboxylic acids is 1. The van der Waals surface area contributed by atoms with Crippen LogP contribution >= 0.6 is 0 Å². The first-order valence-electron chi connectivity index (χ1n) is 7.23. The second-order valence-corrected chi connectivity index (χ2v) is 5.31. The highest BCUT2D eigenvalue weighted by Gasteiger charge is 2.23. The lowest BCUT2D eigenvalue weighted by atomic mass is 9.96. The van der Waals surface area contributed by atoms with Crippen molar-refractivity contribution in [2.24, 2.45) is 22.5 Å². The third-order valence-corrected chi connectivity index (χ3v) is 3.79. The SMILES string of the molecule is N#C/C(=N\Nc1ccc(N2CCC(C(N)=O)CC2)cc1)C(=N)N. The Morgan fingerprint density at radius 2 is 1.91 bits per heavy atom. The highest BCUT2D eigenvalue weighted by Crippen LogP contribution is 2.24. The van der Waals surface area contributed by atoms with Gasteiger partial charge in [0.05, 0.1) is 5.69 Å². The zero-order valence-corrected chi connectivity index (χ0v) is 12.6. The number of hydrogen-bond acceptors (Lipinski definition) is 6. The van der Waals surface area contributed by atoms with Crippen molar-refractivity contribution < 1.29 is 4.79 Å². The maximum Gasteiger partial charge on any atom is 0.220 e. The lowest BCUT2D eigenvalue weighted by molar-refractivity contribution is -0.122. The summed E-state index contributed by atoms with van der Waals surface area (Å²) in [7, 11) is 0. The van der Waals surface area contributed by atoms with Crippen LogP contribution in [0.2, 0.25) is 0 Å². The molecule has 6 N–H and O–H groups in total. The molecule has 1 fully saturated rings. The lowest BCUT2D eigenvalue weighted by Crippen LogP contribution is -2.38. The van der Waals surface area contributed by atoms with E-state index in [0.29, 0.717) is 5.69 Å². The zero-order chi connectivity index (χ0) is 16.8. The first-order valence-corrected chi connectivity index (χ1v) is 7.23. The van der Waals surface area contributed by atoms with Crippen LogP contribution in [0.1, 0.15) is 12.8 Å². The van der Waals surface area contributed by atoms with Gasteiger partial charge in [0, 0.05) is 24.7 Å². The molecule has 8 nitrogen and oxygen atoms in total. The van der Waals surface area contributed by atoms with Gasteiger partial charge in [0.15, 0.2) is 5.84 Å². The molecule has 8 heteroatoms. The van der Waals surface area contributed by atoms with E-state index in [1.807, 2.05) is 24.3 Å². The number of primary amides is 1. The Morgan fingerprint density at radius 1 is 1.30 bits per heavy atom. The highest BCUT2D eigenvalue weighted by molar-refractivity contribution is 6.45. The third-order valence-electron chi connectivity index (χ3n) is 3.79. The fraction of sp³-hybridized carbons (Fsp3) is 0.333. The van der Waals surface area contributed by atoms with E-state index < -0.39 is 0 Å². The monoisotopic (exact) mass is 313 g/mol. The molecule has 120 valence electrons. The van der Waals surface area contributed by atoms with Crippen LogP contribution in [0.5, 0.6) is 0 Å². The van der Waals surface area contributed by atoms with Gasteiger partial charge in [-0.3, -0.25) is 15.6 Å². The van der Waals surface area contributed by atoms with E-state index in [-0.39, 0.29) is 23.4 Å². The van der Waals surface area contributed by atoms with Crippen LogP contribution in [0.4, 0.5) is 11.4 Å². The summed E-state index contributed by atoms with van der Waals surface area (Å²) in [4.78, 5) is 13.4. The van der Waals surface area contributed by atoms with Crippen molar-refractivity contribution >= 4 is 28.8 Å². The molecule has 0 spiro atoms. The number of nitriles is 1. The maximum atomic E-state index is 11.2. The zero-order valence-electron chi connectivity index (χ0n) is 12.6. The fourth-order valence-corrected chi connectivity index (χ4v) is 2.43. The molecule has 1 aliphatic rings. The second-order valence-electron chi connectivity index (χ2n) is 5.31. The van der Waals surface area contributed by atoms with Crippen molar-refractivity contribution in [3.8, 4) is 6.07 Å². The molecular weight excluding hydrogens is 294 g/mol. The van der Waals surface area contributed by atoms with Crippen LogP contribution in [0.3, 0.4) is 0 Å². The van der Waals surface area contributed by atoms with Gasteiger partial charge in [0.25, 0.3) is 0 Å². The number of piperidine rings is 1. The van der Waals surface area contributed by atoms with Gasteiger partial charge in [0.1, 0.15) is 6.07 Å². The number of amidine groups is 1. The van der Waals surface area contributed by atoms with Crippen LogP contribution in [0.25, 0.3) is 0 Å². The number of hydrazone groups is 1. The maximum absolute atomic E-state index is 11.2. The molecule has 1 aromatic carbocycles. The highest BCUT2D eigenvalue weighted by atomic mass is 16.1. The van der Waals surface area contributed by atoms with Crippen molar-refractivity contribution in [2.75, 3.05) is 23.4 Å². The quantitative estimate of drug-likeness (QED) is 0.357. The minimum absolute atomic E-state index is 0.0301. The minimum atomic E-state index is -0.381. The molecule has 1 saturated heterocycles. The Balaban J connectivity index is 1.97. The molecule has 0 unspecified atom stereocenters. The number of amides is 1. The van der Waals surface area contributed by atoms with E-state index in [1.165, 1.54) is 0 Å². The molecule has 1 amide bonds. The third kappa shape index (κ3) is 4.20. The first-order chi connectivity index (χ1) is 11.0. The predicted octanol–water partition coefficient (Wildman–Crippen LogP) is 0.616. The summed E-state index contributed by atoms with van der Waals surface area (Å²) in [6, 6.07) is 9.26. The molecule has 0 bridgehead atoms. The summed E-state index contributed by atoms with van der Waals surface area (Å²) in [5.41, 5.74) is 14.8. The van der Waals surface area contributed by atoms with Crippen LogP contribution in [-0.2, 0) is 4.79 Å². The summed E-state index contributed by atoms with van der Waals surface area (Å²) in [5.74, 6) is -0.632. The molecule has 0 radical (unpaired) electrons. The molecule has 0 aliphatic carbocycles. The Kier molecular flexibility index (Phi) is 5.15. The average molecular weight is 313 g/mol. The van der Waals surface area contributed by atoms with Crippen molar-refractivity contribution in [2.45, 2.75) is 12.8 Å². The molecule has 1 heterocycles. The van der Waals surface area contributed by atoms with Crippen molar-refractivity contribution in [1.82, 2.24) is 0 Å². The average Bonchev–Trinajstić information content (AvgIpc) is 2.56. The number of nitrogens with zero attached hydrogens (tertiary/aromatic N) is 3. The minimum Gasteiger partial charge on any atom is -0.382 e. The Bertz CT molecular complexity index is 651. The van der Waals surface area contributed by atoms with Gasteiger partial charge < -0.3 is 16.4 Å². The van der Waals surface area contributed by atoms with E-state index in [0.717, 1.165) is 31.6 Å². The van der Waals surface area contributed by atoms with E-state index in [2.05, 4.69) is 15.4 Å². The number of anilines is 2.